The van der Waals surface area contributed by atoms with Gasteiger partial charge in [-0.05, 0) is 48.9 Å². The number of rotatable bonds is 3. The average molecular weight is 331 g/mol. The zero-order valence-corrected chi connectivity index (χ0v) is 12.9. The fraction of sp³-hybridized carbons (Fsp3) is 0.0769. The smallest absolute Gasteiger partial charge is 0.262 e. The molecule has 2 aromatic carbocycles. The van der Waals surface area contributed by atoms with E-state index in [0.717, 1.165) is 5.56 Å². The molecule has 0 saturated heterocycles. The Kier molecular flexibility index (Phi) is 4.13. The minimum atomic E-state index is -3.75. The van der Waals surface area contributed by atoms with E-state index in [9.17, 15) is 8.42 Å². The number of nitrogens with two attached hydrogens (primary N) is 1. The number of aryl methyl sites for hydroxylation is 1. The number of sulfonamides is 1. The van der Waals surface area contributed by atoms with Gasteiger partial charge in [0, 0.05) is 10.7 Å². The molecular weight excluding hydrogens is 319 g/mol. The van der Waals surface area contributed by atoms with E-state index >= 15 is 0 Å². The largest absolute Gasteiger partial charge is 0.399 e. The summed E-state index contributed by atoms with van der Waals surface area (Å²) in [7, 11) is -3.75. The van der Waals surface area contributed by atoms with Crippen LogP contribution in [0.25, 0.3) is 0 Å². The van der Waals surface area contributed by atoms with Crippen molar-refractivity contribution in [3.63, 3.8) is 0 Å². The van der Waals surface area contributed by atoms with Crippen LogP contribution in [0.3, 0.4) is 0 Å². The van der Waals surface area contributed by atoms with E-state index < -0.39 is 10.0 Å². The molecule has 7 heteroatoms. The fourth-order valence-corrected chi connectivity index (χ4v) is 3.44. The van der Waals surface area contributed by atoms with Crippen LogP contribution in [0.1, 0.15) is 5.56 Å². The van der Waals surface area contributed by atoms with Gasteiger partial charge in [-0.2, -0.15) is 0 Å². The molecule has 0 fully saturated rings. The van der Waals surface area contributed by atoms with Gasteiger partial charge in [-0.15, -0.1) is 0 Å². The minimum absolute atomic E-state index is 0.0843. The van der Waals surface area contributed by atoms with Gasteiger partial charge in [0.25, 0.3) is 10.0 Å². The predicted octanol–water partition coefficient (Wildman–Crippen LogP) is 3.68. The van der Waals surface area contributed by atoms with Crippen LogP contribution in [-0.2, 0) is 10.0 Å². The highest BCUT2D eigenvalue weighted by atomic mass is 35.5. The van der Waals surface area contributed by atoms with Gasteiger partial charge in [-0.3, -0.25) is 4.72 Å². The van der Waals surface area contributed by atoms with Gasteiger partial charge >= 0.3 is 0 Å². The Morgan fingerprint density at radius 3 is 2.40 bits per heavy atom. The molecule has 2 rings (SSSR count). The summed E-state index contributed by atoms with van der Waals surface area (Å²) >= 11 is 11.7. The molecule has 0 bridgehead atoms. The highest BCUT2D eigenvalue weighted by Gasteiger charge is 2.16. The van der Waals surface area contributed by atoms with Gasteiger partial charge in [0.05, 0.1) is 15.6 Å². The summed E-state index contributed by atoms with van der Waals surface area (Å²) in [6, 6.07) is 9.12. The van der Waals surface area contributed by atoms with E-state index in [1.165, 1.54) is 24.3 Å². The second-order valence-corrected chi connectivity index (χ2v) is 6.84. The monoisotopic (exact) mass is 330 g/mol. The third-order valence-corrected chi connectivity index (χ3v) is 4.45. The van der Waals surface area contributed by atoms with Crippen LogP contribution >= 0.6 is 23.2 Å². The van der Waals surface area contributed by atoms with Crippen molar-refractivity contribution in [2.75, 3.05) is 10.5 Å². The third kappa shape index (κ3) is 3.36. The van der Waals surface area contributed by atoms with E-state index in [4.69, 9.17) is 28.9 Å². The Balaban J connectivity index is 2.40. The average Bonchev–Trinajstić information content (AvgIpc) is 2.31. The summed E-state index contributed by atoms with van der Waals surface area (Å²) in [5.74, 6) is 0. The Bertz CT molecular complexity index is 741. The first kappa shape index (κ1) is 15.0. The molecule has 0 aliphatic heterocycles. The normalized spacial score (nSPS) is 11.3. The van der Waals surface area contributed by atoms with E-state index in [0.29, 0.717) is 10.7 Å². The zero-order valence-electron chi connectivity index (χ0n) is 10.5. The van der Waals surface area contributed by atoms with Crippen LogP contribution in [-0.4, -0.2) is 8.42 Å². The van der Waals surface area contributed by atoms with Crippen LogP contribution in [0, 0.1) is 6.92 Å². The van der Waals surface area contributed by atoms with Crippen LogP contribution in [0.4, 0.5) is 11.4 Å². The quantitative estimate of drug-likeness (QED) is 0.843. The molecule has 0 atom stereocenters. The maximum absolute atomic E-state index is 12.3. The lowest BCUT2D eigenvalue weighted by Crippen LogP contribution is -2.13. The Hall–Kier alpha value is -1.43. The lowest BCUT2D eigenvalue weighted by molar-refractivity contribution is 0.601. The standard InChI is InChI=1S/C13H12Cl2N2O2S/c1-8-4-10(16)7-11(5-8)20(18,19)17-13-3-2-9(14)6-12(13)15/h2-7,17H,16H2,1H3. The minimum Gasteiger partial charge on any atom is -0.399 e. The Morgan fingerprint density at radius 1 is 1.10 bits per heavy atom. The van der Waals surface area contributed by atoms with Gasteiger partial charge in [0.2, 0.25) is 0 Å². The molecule has 0 unspecified atom stereocenters. The van der Waals surface area contributed by atoms with Crippen molar-refractivity contribution in [2.24, 2.45) is 0 Å². The molecule has 0 saturated carbocycles. The summed E-state index contributed by atoms with van der Waals surface area (Å²) in [5, 5.41) is 0.652. The van der Waals surface area contributed by atoms with Crippen molar-refractivity contribution in [1.29, 1.82) is 0 Å². The Morgan fingerprint density at radius 2 is 1.80 bits per heavy atom. The highest BCUT2D eigenvalue weighted by Crippen LogP contribution is 2.28. The summed E-state index contributed by atoms with van der Waals surface area (Å²) in [6.45, 7) is 1.77. The summed E-state index contributed by atoms with van der Waals surface area (Å²) in [5.41, 5.74) is 7.06. The van der Waals surface area contributed by atoms with Gasteiger partial charge in [0.1, 0.15) is 0 Å². The molecule has 0 aromatic heterocycles. The van der Waals surface area contributed by atoms with Crippen molar-refractivity contribution in [3.8, 4) is 0 Å². The predicted molar refractivity (Wildman–Crippen MR) is 82.9 cm³/mol. The first-order valence-electron chi connectivity index (χ1n) is 5.63. The molecule has 0 heterocycles. The van der Waals surface area contributed by atoms with E-state index in [-0.39, 0.29) is 15.6 Å². The molecule has 0 aliphatic rings. The second kappa shape index (κ2) is 5.52. The number of anilines is 2. The lowest BCUT2D eigenvalue weighted by atomic mass is 10.2. The molecule has 106 valence electrons. The molecule has 0 aliphatic carbocycles. The summed E-state index contributed by atoms with van der Waals surface area (Å²) in [4.78, 5) is 0.0843. The molecule has 0 amide bonds. The van der Waals surface area contributed by atoms with Crippen molar-refractivity contribution < 1.29 is 8.42 Å². The Labute approximate surface area is 127 Å². The lowest BCUT2D eigenvalue weighted by Gasteiger charge is -2.11. The maximum Gasteiger partial charge on any atom is 0.262 e. The maximum atomic E-state index is 12.3. The number of nitrogen functional groups attached to an aromatic ring is 1. The SMILES string of the molecule is Cc1cc(N)cc(S(=O)(=O)Nc2ccc(Cl)cc2Cl)c1. The summed E-state index contributed by atoms with van der Waals surface area (Å²) < 4.78 is 27.0. The van der Waals surface area contributed by atoms with Gasteiger partial charge in [-0.1, -0.05) is 23.2 Å². The molecule has 4 nitrogen and oxygen atoms in total. The molecule has 3 N–H and O–H groups in total. The molecular formula is C13H12Cl2N2O2S. The van der Waals surface area contributed by atoms with Crippen LogP contribution in [0.5, 0.6) is 0 Å². The number of halogens is 2. The van der Waals surface area contributed by atoms with Crippen molar-refractivity contribution in [2.45, 2.75) is 11.8 Å². The third-order valence-electron chi connectivity index (χ3n) is 2.56. The van der Waals surface area contributed by atoms with Gasteiger partial charge < -0.3 is 5.73 Å². The summed E-state index contributed by atoms with van der Waals surface area (Å²) in [6.07, 6.45) is 0. The van der Waals surface area contributed by atoms with Crippen LogP contribution in [0.2, 0.25) is 10.0 Å². The van der Waals surface area contributed by atoms with E-state index in [2.05, 4.69) is 4.72 Å². The van der Waals surface area contributed by atoms with Crippen molar-refractivity contribution in [3.05, 3.63) is 52.0 Å². The first-order valence-corrected chi connectivity index (χ1v) is 7.87. The van der Waals surface area contributed by atoms with E-state index in [1.807, 2.05) is 0 Å². The first-order chi connectivity index (χ1) is 9.28. The van der Waals surface area contributed by atoms with Crippen LogP contribution < -0.4 is 10.5 Å². The molecule has 20 heavy (non-hydrogen) atoms. The van der Waals surface area contributed by atoms with Gasteiger partial charge in [-0.25, -0.2) is 8.42 Å². The van der Waals surface area contributed by atoms with Crippen LogP contribution in [0.15, 0.2) is 41.3 Å². The number of hydrogen-bond donors (Lipinski definition) is 2. The topological polar surface area (TPSA) is 72.2 Å². The molecule has 0 radical (unpaired) electrons. The fourth-order valence-electron chi connectivity index (χ4n) is 1.71. The molecule has 0 spiro atoms. The highest BCUT2D eigenvalue weighted by molar-refractivity contribution is 7.92. The van der Waals surface area contributed by atoms with Gasteiger partial charge in [0.15, 0.2) is 0 Å². The van der Waals surface area contributed by atoms with Crippen molar-refractivity contribution in [1.82, 2.24) is 0 Å². The number of benzene rings is 2. The van der Waals surface area contributed by atoms with Crippen molar-refractivity contribution >= 4 is 44.6 Å². The number of nitrogens with one attached hydrogen (secondary N) is 1. The zero-order chi connectivity index (χ0) is 14.9. The molecule has 2 aromatic rings. The number of hydrogen-bond acceptors (Lipinski definition) is 3. The van der Waals surface area contributed by atoms with E-state index in [1.54, 1.807) is 19.1 Å². The second-order valence-electron chi connectivity index (χ2n) is 4.31.